The van der Waals surface area contributed by atoms with Gasteiger partial charge in [-0.15, -0.1) is 11.8 Å². The number of carbonyl (C=O) groups excluding carboxylic acids is 1. The van der Waals surface area contributed by atoms with Crippen LogP contribution in [0.15, 0.2) is 23.1 Å². The zero-order chi connectivity index (χ0) is 12.6. The summed E-state index contributed by atoms with van der Waals surface area (Å²) in [5.74, 6) is 1.05. The maximum absolute atomic E-state index is 12.5. The van der Waals surface area contributed by atoms with E-state index in [0.29, 0.717) is 0 Å². The van der Waals surface area contributed by atoms with E-state index in [4.69, 9.17) is 5.73 Å². The predicted octanol–water partition coefficient (Wildman–Crippen LogP) is 3.26. The Morgan fingerprint density at radius 2 is 2.00 bits per heavy atom. The number of thioether (sulfide) groups is 1. The van der Waals surface area contributed by atoms with Crippen molar-refractivity contribution in [2.24, 2.45) is 5.41 Å². The summed E-state index contributed by atoms with van der Waals surface area (Å²) in [5.41, 5.74) is 7.48. The number of rotatable bonds is 0. The van der Waals surface area contributed by atoms with Crippen molar-refractivity contribution in [1.29, 1.82) is 0 Å². The van der Waals surface area contributed by atoms with E-state index in [1.165, 1.54) is 19.3 Å². The van der Waals surface area contributed by atoms with Gasteiger partial charge in [-0.3, -0.25) is 4.79 Å². The van der Waals surface area contributed by atoms with Crippen molar-refractivity contribution < 1.29 is 4.79 Å². The van der Waals surface area contributed by atoms with Gasteiger partial charge in [0.1, 0.15) is 0 Å². The molecule has 1 spiro atoms. The third kappa shape index (κ3) is 1.88. The van der Waals surface area contributed by atoms with Gasteiger partial charge in [0, 0.05) is 11.4 Å². The maximum Gasteiger partial charge on any atom is 0.231 e. The summed E-state index contributed by atoms with van der Waals surface area (Å²) < 4.78 is 0. The lowest BCUT2D eigenvalue weighted by Gasteiger charge is -2.33. The van der Waals surface area contributed by atoms with E-state index < -0.39 is 0 Å². The highest BCUT2D eigenvalue weighted by molar-refractivity contribution is 7.99. The molecule has 1 saturated carbocycles. The van der Waals surface area contributed by atoms with Crippen molar-refractivity contribution in [1.82, 2.24) is 0 Å². The van der Waals surface area contributed by atoms with Gasteiger partial charge >= 0.3 is 0 Å². The second-order valence-electron chi connectivity index (χ2n) is 5.31. The molecule has 96 valence electrons. The average Bonchev–Trinajstić information content (AvgIpc) is 2.51. The van der Waals surface area contributed by atoms with E-state index in [1.807, 2.05) is 18.2 Å². The van der Waals surface area contributed by atoms with Crippen LogP contribution >= 0.6 is 11.8 Å². The number of fused-ring (bicyclic) bond motifs is 1. The Labute approximate surface area is 112 Å². The first kappa shape index (κ1) is 11.9. The highest BCUT2D eigenvalue weighted by Gasteiger charge is 2.41. The molecule has 3 N–H and O–H groups in total. The summed E-state index contributed by atoms with van der Waals surface area (Å²) in [6, 6.07) is 5.74. The number of carbonyl (C=O) groups is 1. The van der Waals surface area contributed by atoms with E-state index in [1.54, 1.807) is 11.8 Å². The molecule has 1 aromatic rings. The number of nitrogen functional groups attached to an aromatic ring is 1. The molecule has 0 bridgehead atoms. The van der Waals surface area contributed by atoms with Gasteiger partial charge in [-0.1, -0.05) is 25.3 Å². The number of hydrogen-bond donors (Lipinski definition) is 2. The number of hydrogen-bond acceptors (Lipinski definition) is 3. The normalized spacial score (nSPS) is 22.1. The fourth-order valence-corrected chi connectivity index (χ4v) is 4.29. The van der Waals surface area contributed by atoms with Crippen LogP contribution in [0, 0.1) is 5.41 Å². The smallest absolute Gasteiger partial charge is 0.231 e. The second kappa shape index (κ2) is 4.50. The molecule has 1 heterocycles. The lowest BCUT2D eigenvalue weighted by Crippen LogP contribution is -2.39. The van der Waals surface area contributed by atoms with Gasteiger partial charge in [0.05, 0.1) is 16.0 Å². The minimum Gasteiger partial charge on any atom is -0.398 e. The molecule has 0 saturated heterocycles. The van der Waals surface area contributed by atoms with Crippen LogP contribution < -0.4 is 11.1 Å². The largest absolute Gasteiger partial charge is 0.398 e. The first-order chi connectivity index (χ1) is 8.71. The van der Waals surface area contributed by atoms with Gasteiger partial charge in [-0.2, -0.15) is 0 Å². The summed E-state index contributed by atoms with van der Waals surface area (Å²) >= 11 is 1.74. The molecule has 1 fully saturated rings. The predicted molar refractivity (Wildman–Crippen MR) is 75.7 cm³/mol. The van der Waals surface area contributed by atoms with Gasteiger partial charge in [0.25, 0.3) is 0 Å². The molecular formula is C14H18N2OS. The molecule has 2 aliphatic rings. The summed E-state index contributed by atoms with van der Waals surface area (Å²) in [6.07, 6.45) is 5.62. The van der Waals surface area contributed by atoms with Crippen LogP contribution in [0.1, 0.15) is 32.1 Å². The van der Waals surface area contributed by atoms with Gasteiger partial charge in [0.15, 0.2) is 0 Å². The van der Waals surface area contributed by atoms with E-state index in [2.05, 4.69) is 5.32 Å². The lowest BCUT2D eigenvalue weighted by molar-refractivity contribution is -0.126. The molecule has 3 rings (SSSR count). The summed E-state index contributed by atoms with van der Waals surface area (Å²) in [4.78, 5) is 13.5. The first-order valence-electron chi connectivity index (χ1n) is 6.54. The number of nitrogens with one attached hydrogen (secondary N) is 1. The molecule has 0 unspecified atom stereocenters. The second-order valence-corrected chi connectivity index (χ2v) is 6.29. The molecule has 1 aromatic carbocycles. The topological polar surface area (TPSA) is 55.1 Å². The van der Waals surface area contributed by atoms with Crippen LogP contribution in [0.2, 0.25) is 0 Å². The van der Waals surface area contributed by atoms with E-state index >= 15 is 0 Å². The summed E-state index contributed by atoms with van der Waals surface area (Å²) in [6.45, 7) is 0. The zero-order valence-electron chi connectivity index (χ0n) is 10.4. The highest BCUT2D eigenvalue weighted by atomic mass is 32.2. The van der Waals surface area contributed by atoms with Crippen LogP contribution in [0.5, 0.6) is 0 Å². The number of nitrogens with two attached hydrogens (primary N) is 1. The Hall–Kier alpha value is -1.16. The van der Waals surface area contributed by atoms with E-state index in [-0.39, 0.29) is 11.3 Å². The monoisotopic (exact) mass is 262 g/mol. The maximum atomic E-state index is 12.5. The first-order valence-corrected chi connectivity index (χ1v) is 7.53. The van der Waals surface area contributed by atoms with Crippen molar-refractivity contribution in [2.45, 2.75) is 37.0 Å². The Morgan fingerprint density at radius 3 is 2.78 bits per heavy atom. The zero-order valence-corrected chi connectivity index (χ0v) is 11.2. The van der Waals surface area contributed by atoms with Gasteiger partial charge in [-0.25, -0.2) is 0 Å². The van der Waals surface area contributed by atoms with Crippen molar-refractivity contribution in [3.63, 3.8) is 0 Å². The van der Waals surface area contributed by atoms with Crippen molar-refractivity contribution in [2.75, 3.05) is 16.8 Å². The number of amides is 1. The summed E-state index contributed by atoms with van der Waals surface area (Å²) in [7, 11) is 0. The van der Waals surface area contributed by atoms with Gasteiger partial charge in [0.2, 0.25) is 5.91 Å². The third-order valence-electron chi connectivity index (χ3n) is 4.08. The lowest BCUT2D eigenvalue weighted by atomic mass is 9.75. The van der Waals surface area contributed by atoms with Crippen LogP contribution in [0.4, 0.5) is 11.4 Å². The Morgan fingerprint density at radius 1 is 1.22 bits per heavy atom. The molecule has 18 heavy (non-hydrogen) atoms. The molecule has 0 atom stereocenters. The van der Waals surface area contributed by atoms with Crippen molar-refractivity contribution >= 4 is 29.0 Å². The molecule has 0 aromatic heterocycles. The molecule has 1 aliphatic carbocycles. The average molecular weight is 262 g/mol. The molecule has 3 nitrogen and oxygen atoms in total. The van der Waals surface area contributed by atoms with Crippen molar-refractivity contribution in [3.05, 3.63) is 18.2 Å². The third-order valence-corrected chi connectivity index (χ3v) is 5.52. The van der Waals surface area contributed by atoms with Crippen LogP contribution in [0.25, 0.3) is 0 Å². The standard InChI is InChI=1S/C14H18N2OS/c15-10-5-4-6-11-12(10)18-9-14(13(17)16-11)7-2-1-3-8-14/h4-6H,1-3,7-9,15H2,(H,16,17). The molecule has 1 amide bonds. The Balaban J connectivity index is 1.95. The minimum atomic E-state index is -0.172. The number of anilines is 2. The number of benzene rings is 1. The summed E-state index contributed by atoms with van der Waals surface area (Å²) in [5, 5.41) is 3.08. The van der Waals surface area contributed by atoms with Crippen LogP contribution in [-0.2, 0) is 4.79 Å². The van der Waals surface area contributed by atoms with Gasteiger partial charge in [-0.05, 0) is 25.0 Å². The fourth-order valence-electron chi connectivity index (χ4n) is 2.95. The minimum absolute atomic E-state index is 0.172. The van der Waals surface area contributed by atoms with E-state index in [0.717, 1.165) is 34.9 Å². The fraction of sp³-hybridized carbons (Fsp3) is 0.500. The van der Waals surface area contributed by atoms with Crippen LogP contribution in [-0.4, -0.2) is 11.7 Å². The quantitative estimate of drug-likeness (QED) is 0.706. The molecule has 0 radical (unpaired) electrons. The molecular weight excluding hydrogens is 244 g/mol. The van der Waals surface area contributed by atoms with Gasteiger partial charge < -0.3 is 11.1 Å². The molecule has 1 aliphatic heterocycles. The molecule has 4 heteroatoms. The Bertz CT molecular complexity index is 481. The SMILES string of the molecule is Nc1cccc2c1SCC1(CCCCC1)C(=O)N2. The van der Waals surface area contributed by atoms with Crippen LogP contribution in [0.3, 0.4) is 0 Å². The van der Waals surface area contributed by atoms with Crippen molar-refractivity contribution in [3.8, 4) is 0 Å². The van der Waals surface area contributed by atoms with E-state index in [9.17, 15) is 4.79 Å². The Kier molecular flexibility index (Phi) is 2.98. The highest BCUT2D eigenvalue weighted by Crippen LogP contribution is 2.46.